The highest BCUT2D eigenvalue weighted by Gasteiger charge is 2.23. The molecule has 1 atom stereocenters. The van der Waals surface area contributed by atoms with Crippen molar-refractivity contribution in [3.05, 3.63) is 43.0 Å². The fourth-order valence-corrected chi connectivity index (χ4v) is 5.40. The highest BCUT2D eigenvalue weighted by atomic mass is 35.5. The Balaban J connectivity index is 1.89. The molecule has 0 aliphatic heterocycles. The molecule has 0 saturated heterocycles. The van der Waals surface area contributed by atoms with Crippen LogP contribution in [0.2, 0.25) is 10.0 Å². The number of hydrogen-bond donors (Lipinski definition) is 1. The van der Waals surface area contributed by atoms with Gasteiger partial charge in [-0.05, 0) is 42.9 Å². The van der Waals surface area contributed by atoms with Gasteiger partial charge in [-0.15, -0.1) is 11.3 Å². The van der Waals surface area contributed by atoms with E-state index in [9.17, 15) is 4.79 Å². The van der Waals surface area contributed by atoms with Crippen LogP contribution in [-0.4, -0.2) is 17.1 Å². The summed E-state index contributed by atoms with van der Waals surface area (Å²) in [6, 6.07) is 3.40. The van der Waals surface area contributed by atoms with Gasteiger partial charge < -0.3 is 9.72 Å². The van der Waals surface area contributed by atoms with Gasteiger partial charge in [0.1, 0.15) is 10.7 Å². The van der Waals surface area contributed by atoms with E-state index in [2.05, 4.69) is 16.9 Å². The molecule has 1 aliphatic carbocycles. The second-order valence-electron chi connectivity index (χ2n) is 6.42. The number of halogens is 2. The lowest BCUT2D eigenvalue weighted by Crippen LogP contribution is -2.13. The van der Waals surface area contributed by atoms with Crippen molar-refractivity contribution in [3.8, 4) is 17.1 Å². The number of aryl methyl sites for hydroxylation is 1. The Morgan fingerprint density at radius 1 is 1.32 bits per heavy atom. The van der Waals surface area contributed by atoms with Crippen LogP contribution in [-0.2, 0) is 12.8 Å². The molecular weight excluding hydrogens is 379 g/mol. The van der Waals surface area contributed by atoms with Gasteiger partial charge in [-0.2, -0.15) is 0 Å². The van der Waals surface area contributed by atoms with E-state index in [1.54, 1.807) is 23.5 Å². The van der Waals surface area contributed by atoms with Gasteiger partial charge in [0.25, 0.3) is 5.56 Å². The molecule has 0 fully saturated rings. The number of aromatic nitrogens is 2. The monoisotopic (exact) mass is 394 g/mol. The van der Waals surface area contributed by atoms with Crippen LogP contribution in [0, 0.1) is 5.92 Å². The molecule has 0 saturated carbocycles. The standard InChI is InChI=1S/C18H16Cl2N2O2S/c1-8-3-4-10-13(5-8)25-18-14(10)17(23)21-16(22-18)9-6-11(19)15(24-2)12(20)7-9/h6-8H,3-5H2,1-2H3,(H,21,22,23)/t8-/m1/s1. The molecule has 2 aromatic heterocycles. The van der Waals surface area contributed by atoms with Gasteiger partial charge in [0, 0.05) is 10.4 Å². The van der Waals surface area contributed by atoms with Crippen molar-refractivity contribution in [2.75, 3.05) is 7.11 Å². The minimum Gasteiger partial charge on any atom is -0.494 e. The Bertz CT molecular complexity index is 1020. The van der Waals surface area contributed by atoms with E-state index in [4.69, 9.17) is 27.9 Å². The molecule has 0 radical (unpaired) electrons. The molecule has 0 bridgehead atoms. The maximum absolute atomic E-state index is 12.7. The molecule has 25 heavy (non-hydrogen) atoms. The zero-order valence-corrected chi connectivity index (χ0v) is 16.1. The van der Waals surface area contributed by atoms with Gasteiger partial charge in [0.2, 0.25) is 0 Å². The summed E-state index contributed by atoms with van der Waals surface area (Å²) in [4.78, 5) is 22.3. The topological polar surface area (TPSA) is 55.0 Å². The summed E-state index contributed by atoms with van der Waals surface area (Å²) >= 11 is 14.0. The third-order valence-electron chi connectivity index (χ3n) is 4.64. The summed E-state index contributed by atoms with van der Waals surface area (Å²) in [5, 5.41) is 1.50. The van der Waals surface area contributed by atoms with Crippen molar-refractivity contribution >= 4 is 44.8 Å². The molecule has 0 unspecified atom stereocenters. The van der Waals surface area contributed by atoms with Crippen molar-refractivity contribution in [1.29, 1.82) is 0 Å². The summed E-state index contributed by atoms with van der Waals surface area (Å²) in [6.07, 6.45) is 3.08. The summed E-state index contributed by atoms with van der Waals surface area (Å²) < 4.78 is 5.17. The van der Waals surface area contributed by atoms with E-state index >= 15 is 0 Å². The molecular formula is C18H16Cl2N2O2S. The molecule has 130 valence electrons. The molecule has 0 spiro atoms. The van der Waals surface area contributed by atoms with Crippen LogP contribution in [0.15, 0.2) is 16.9 Å². The minimum absolute atomic E-state index is 0.102. The smallest absolute Gasteiger partial charge is 0.260 e. The highest BCUT2D eigenvalue weighted by Crippen LogP contribution is 2.38. The maximum Gasteiger partial charge on any atom is 0.260 e. The van der Waals surface area contributed by atoms with Gasteiger partial charge in [0.15, 0.2) is 5.75 Å². The number of rotatable bonds is 2. The van der Waals surface area contributed by atoms with Crippen molar-refractivity contribution in [2.24, 2.45) is 5.92 Å². The summed E-state index contributed by atoms with van der Waals surface area (Å²) in [5.74, 6) is 1.53. The predicted molar refractivity (Wildman–Crippen MR) is 103 cm³/mol. The zero-order chi connectivity index (χ0) is 17.7. The van der Waals surface area contributed by atoms with Crippen LogP contribution < -0.4 is 10.3 Å². The molecule has 3 aromatic rings. The number of nitrogens with one attached hydrogen (secondary N) is 1. The third-order valence-corrected chi connectivity index (χ3v) is 6.35. The Morgan fingerprint density at radius 3 is 2.72 bits per heavy atom. The molecule has 0 amide bonds. The molecule has 7 heteroatoms. The number of fused-ring (bicyclic) bond motifs is 3. The van der Waals surface area contributed by atoms with E-state index in [1.807, 2.05) is 0 Å². The number of hydrogen-bond acceptors (Lipinski definition) is 4. The van der Waals surface area contributed by atoms with Crippen LogP contribution in [0.1, 0.15) is 23.8 Å². The Kier molecular flexibility index (Phi) is 4.26. The van der Waals surface area contributed by atoms with Gasteiger partial charge >= 0.3 is 0 Å². The van der Waals surface area contributed by atoms with E-state index in [0.29, 0.717) is 33.1 Å². The first-order chi connectivity index (χ1) is 12.0. The Labute approximate surface area is 158 Å². The normalized spacial score (nSPS) is 16.9. The average molecular weight is 395 g/mol. The molecule has 1 aliphatic rings. The van der Waals surface area contributed by atoms with Crippen LogP contribution in [0.25, 0.3) is 21.6 Å². The van der Waals surface area contributed by atoms with Gasteiger partial charge in [-0.3, -0.25) is 4.79 Å². The Hall–Kier alpha value is -1.56. The lowest BCUT2D eigenvalue weighted by atomic mass is 9.89. The predicted octanol–water partition coefficient (Wildman–Crippen LogP) is 5.09. The van der Waals surface area contributed by atoms with Crippen molar-refractivity contribution in [1.82, 2.24) is 9.97 Å². The molecule has 4 rings (SSSR count). The number of aromatic amines is 1. The van der Waals surface area contributed by atoms with Crippen molar-refractivity contribution < 1.29 is 4.74 Å². The first-order valence-electron chi connectivity index (χ1n) is 8.06. The highest BCUT2D eigenvalue weighted by molar-refractivity contribution is 7.18. The molecule has 1 N–H and O–H groups in total. The number of thiophene rings is 1. The first-order valence-corrected chi connectivity index (χ1v) is 9.63. The fraction of sp³-hybridized carbons (Fsp3) is 0.333. The first kappa shape index (κ1) is 16.9. The second-order valence-corrected chi connectivity index (χ2v) is 8.32. The fourth-order valence-electron chi connectivity index (χ4n) is 3.38. The number of nitrogens with zero attached hydrogens (tertiary/aromatic N) is 1. The Morgan fingerprint density at radius 2 is 2.04 bits per heavy atom. The number of benzene rings is 1. The molecule has 2 heterocycles. The summed E-state index contributed by atoms with van der Waals surface area (Å²) in [5.41, 5.74) is 1.73. The van der Waals surface area contributed by atoms with Crippen molar-refractivity contribution in [3.63, 3.8) is 0 Å². The quantitative estimate of drug-likeness (QED) is 0.658. The van der Waals surface area contributed by atoms with E-state index in [-0.39, 0.29) is 5.56 Å². The van der Waals surface area contributed by atoms with E-state index in [0.717, 1.165) is 29.5 Å². The molecule has 1 aromatic carbocycles. The number of methoxy groups -OCH3 is 1. The van der Waals surface area contributed by atoms with Gasteiger partial charge in [-0.1, -0.05) is 30.1 Å². The zero-order valence-electron chi connectivity index (χ0n) is 13.8. The summed E-state index contributed by atoms with van der Waals surface area (Å²) in [6.45, 7) is 2.25. The number of ether oxygens (including phenoxy) is 1. The van der Waals surface area contributed by atoms with Gasteiger partial charge in [0.05, 0.1) is 22.5 Å². The van der Waals surface area contributed by atoms with Crippen LogP contribution in [0.5, 0.6) is 5.75 Å². The lowest BCUT2D eigenvalue weighted by molar-refractivity contribution is 0.415. The van der Waals surface area contributed by atoms with Crippen LogP contribution in [0.4, 0.5) is 0 Å². The average Bonchev–Trinajstić information content (AvgIpc) is 2.92. The second kappa shape index (κ2) is 6.31. The lowest BCUT2D eigenvalue weighted by Gasteiger charge is -2.17. The van der Waals surface area contributed by atoms with Crippen LogP contribution >= 0.6 is 34.5 Å². The SMILES string of the molecule is COc1c(Cl)cc(-c2nc3sc4c(c3c(=O)[nH]2)CC[C@@H](C)C4)cc1Cl. The van der Waals surface area contributed by atoms with E-state index < -0.39 is 0 Å². The van der Waals surface area contributed by atoms with E-state index in [1.165, 1.54) is 17.6 Å². The number of H-pyrrole nitrogens is 1. The summed E-state index contributed by atoms with van der Waals surface area (Å²) in [7, 11) is 1.51. The van der Waals surface area contributed by atoms with Crippen molar-refractivity contribution in [2.45, 2.75) is 26.2 Å². The molecule has 4 nitrogen and oxygen atoms in total. The largest absolute Gasteiger partial charge is 0.494 e. The maximum atomic E-state index is 12.7. The van der Waals surface area contributed by atoms with Gasteiger partial charge in [-0.25, -0.2) is 4.98 Å². The van der Waals surface area contributed by atoms with Crippen LogP contribution in [0.3, 0.4) is 0 Å². The third kappa shape index (κ3) is 2.84. The minimum atomic E-state index is -0.102.